The molecule has 2 atom stereocenters. The Hall–Kier alpha value is -2.77. The lowest BCUT2D eigenvalue weighted by Crippen LogP contribution is -2.33. The maximum Gasteiger partial charge on any atom is 0.358 e. The van der Waals surface area contributed by atoms with Crippen LogP contribution in [0.5, 0.6) is 0 Å². The number of hydrogen-bond donors (Lipinski definition) is 0. The van der Waals surface area contributed by atoms with Crippen molar-refractivity contribution in [2.75, 3.05) is 6.61 Å². The molecule has 1 aromatic heterocycles. The van der Waals surface area contributed by atoms with Crippen LogP contribution in [-0.2, 0) is 14.3 Å². The molecular formula is C25H24BrF2N3O3S. The third kappa shape index (κ3) is 5.73. The number of halogens is 3. The van der Waals surface area contributed by atoms with E-state index in [2.05, 4.69) is 27.0 Å². The van der Waals surface area contributed by atoms with Gasteiger partial charge in [0.2, 0.25) is 5.78 Å². The summed E-state index contributed by atoms with van der Waals surface area (Å²) in [4.78, 5) is 29.1. The van der Waals surface area contributed by atoms with Gasteiger partial charge in [0.25, 0.3) is 0 Å². The van der Waals surface area contributed by atoms with E-state index < -0.39 is 29.3 Å². The summed E-state index contributed by atoms with van der Waals surface area (Å²) >= 11 is 3.38. The number of Topliss-reactive ketones (excluding diaryl/α,β-unsaturated/α-hetero) is 1. The minimum absolute atomic E-state index is 0.0230. The molecule has 6 nitrogen and oxygen atoms in total. The van der Waals surface area contributed by atoms with Crippen LogP contribution in [0.25, 0.3) is 16.5 Å². The molecule has 0 amide bonds. The summed E-state index contributed by atoms with van der Waals surface area (Å²) in [6.45, 7) is 5.29. The molecule has 1 heterocycles. The van der Waals surface area contributed by atoms with Gasteiger partial charge in [-0.3, -0.25) is 14.2 Å². The van der Waals surface area contributed by atoms with Gasteiger partial charge in [-0.1, -0.05) is 44.5 Å². The molecule has 35 heavy (non-hydrogen) atoms. The molecule has 0 spiro atoms. The lowest BCUT2D eigenvalue weighted by molar-refractivity contribution is -0.153. The van der Waals surface area contributed by atoms with Crippen molar-refractivity contribution in [2.24, 2.45) is 11.8 Å². The van der Waals surface area contributed by atoms with Gasteiger partial charge in [0.05, 0.1) is 36.0 Å². The number of aromatic nitrogens is 2. The van der Waals surface area contributed by atoms with E-state index in [4.69, 9.17) is 4.74 Å². The Kier molecular flexibility index (Phi) is 8.67. The SMILES string of the molecule is CCOC(=O)C(CC(=O)C(F)(F)Sc1ncc(Br)n1-c1ccc(C#N)c2ccccc12)C(C)CC. The van der Waals surface area contributed by atoms with Gasteiger partial charge in [-0.25, -0.2) is 4.98 Å². The van der Waals surface area contributed by atoms with E-state index in [1.807, 2.05) is 6.92 Å². The summed E-state index contributed by atoms with van der Waals surface area (Å²) in [6, 6.07) is 12.5. The monoisotopic (exact) mass is 563 g/mol. The number of nitrogens with zero attached hydrogens (tertiary/aromatic N) is 3. The Morgan fingerprint density at radius 1 is 1.23 bits per heavy atom. The fourth-order valence-electron chi connectivity index (χ4n) is 3.72. The van der Waals surface area contributed by atoms with E-state index >= 15 is 8.78 Å². The Labute approximate surface area is 214 Å². The van der Waals surface area contributed by atoms with E-state index in [1.54, 1.807) is 50.2 Å². The van der Waals surface area contributed by atoms with Crippen molar-refractivity contribution in [1.29, 1.82) is 5.26 Å². The number of thioether (sulfide) groups is 1. The lowest BCUT2D eigenvalue weighted by atomic mass is 9.87. The first-order valence-electron chi connectivity index (χ1n) is 11.1. The molecular weight excluding hydrogens is 540 g/mol. The Bertz CT molecular complexity index is 1290. The number of hydrogen-bond acceptors (Lipinski definition) is 6. The highest BCUT2D eigenvalue weighted by atomic mass is 79.9. The number of nitriles is 1. The third-order valence-corrected chi connectivity index (χ3v) is 7.33. The molecule has 0 aliphatic rings. The van der Waals surface area contributed by atoms with Crippen molar-refractivity contribution in [1.82, 2.24) is 9.55 Å². The second-order valence-corrected chi connectivity index (χ2v) is 9.87. The fraction of sp³-hybridized carbons (Fsp3) is 0.360. The minimum atomic E-state index is -3.83. The number of alkyl halides is 2. The van der Waals surface area contributed by atoms with Gasteiger partial charge in [0.1, 0.15) is 4.60 Å². The molecule has 0 bridgehead atoms. The number of ether oxygens (including phenoxy) is 1. The largest absolute Gasteiger partial charge is 0.466 e. The Morgan fingerprint density at radius 2 is 1.91 bits per heavy atom. The maximum atomic E-state index is 15.2. The summed E-state index contributed by atoms with van der Waals surface area (Å²) in [5, 5.41) is 6.82. The van der Waals surface area contributed by atoms with E-state index in [9.17, 15) is 14.9 Å². The second kappa shape index (κ2) is 11.3. The number of imidazole rings is 1. The van der Waals surface area contributed by atoms with Gasteiger partial charge in [0, 0.05) is 17.2 Å². The molecule has 2 aromatic carbocycles. The second-order valence-electron chi connectivity index (χ2n) is 7.98. The Morgan fingerprint density at radius 3 is 2.54 bits per heavy atom. The number of fused-ring (bicyclic) bond motifs is 1. The molecule has 184 valence electrons. The highest BCUT2D eigenvalue weighted by Gasteiger charge is 2.44. The lowest BCUT2D eigenvalue weighted by Gasteiger charge is -2.23. The highest BCUT2D eigenvalue weighted by Crippen LogP contribution is 2.41. The van der Waals surface area contributed by atoms with E-state index in [0.29, 0.717) is 33.0 Å². The molecule has 0 aliphatic carbocycles. The van der Waals surface area contributed by atoms with Crippen LogP contribution in [0, 0.1) is 23.2 Å². The van der Waals surface area contributed by atoms with Gasteiger partial charge in [-0.15, -0.1) is 0 Å². The zero-order valence-electron chi connectivity index (χ0n) is 19.4. The van der Waals surface area contributed by atoms with Crippen molar-refractivity contribution >= 4 is 50.2 Å². The fourth-order valence-corrected chi connectivity index (χ4v) is 5.12. The highest BCUT2D eigenvalue weighted by molar-refractivity contribution is 9.10. The average Bonchev–Trinajstić information content (AvgIpc) is 3.19. The maximum absolute atomic E-state index is 15.2. The van der Waals surface area contributed by atoms with Crippen LogP contribution in [0.1, 0.15) is 39.2 Å². The van der Waals surface area contributed by atoms with Crippen LogP contribution in [0.4, 0.5) is 8.78 Å². The molecule has 0 aliphatic heterocycles. The van der Waals surface area contributed by atoms with Gasteiger partial charge in [-0.05, 0) is 52.7 Å². The van der Waals surface area contributed by atoms with Crippen LogP contribution in [0.3, 0.4) is 0 Å². The van der Waals surface area contributed by atoms with Gasteiger partial charge >= 0.3 is 11.2 Å². The van der Waals surface area contributed by atoms with Crippen LogP contribution in [0.15, 0.2) is 52.4 Å². The van der Waals surface area contributed by atoms with Gasteiger partial charge < -0.3 is 4.74 Å². The predicted molar refractivity (Wildman–Crippen MR) is 133 cm³/mol. The first kappa shape index (κ1) is 26.8. The molecule has 0 radical (unpaired) electrons. The predicted octanol–water partition coefficient (Wildman–Crippen LogP) is 6.53. The number of rotatable bonds is 10. The van der Waals surface area contributed by atoms with E-state index in [-0.39, 0.29) is 29.4 Å². The first-order valence-corrected chi connectivity index (χ1v) is 12.7. The standard InChI is InChI=1S/C25H24BrF2N3O3S/c1-4-15(3)19(23(33)34-5-2)12-21(32)25(27,28)35-24-30-14-22(26)31(24)20-11-10-16(13-29)17-8-6-7-9-18(17)20/h6-11,14-15,19H,4-5,12H2,1-3H3. The number of benzene rings is 2. The van der Waals surface area contributed by atoms with Crippen LogP contribution < -0.4 is 0 Å². The van der Waals surface area contributed by atoms with Crippen LogP contribution in [-0.4, -0.2) is 33.2 Å². The van der Waals surface area contributed by atoms with Crippen LogP contribution in [0.2, 0.25) is 0 Å². The molecule has 3 aromatic rings. The molecule has 0 saturated heterocycles. The van der Waals surface area contributed by atoms with Crippen molar-refractivity contribution in [3.63, 3.8) is 0 Å². The number of carbonyl (C=O) groups excluding carboxylic acids is 2. The van der Waals surface area contributed by atoms with Crippen molar-refractivity contribution in [2.45, 2.75) is 44.0 Å². The summed E-state index contributed by atoms with van der Waals surface area (Å²) in [6.07, 6.45) is 1.28. The normalized spacial score (nSPS) is 13.3. The molecule has 0 fully saturated rings. The molecule has 3 rings (SSSR count). The summed E-state index contributed by atoms with van der Waals surface area (Å²) in [5.41, 5.74) is 0.976. The molecule has 10 heteroatoms. The van der Waals surface area contributed by atoms with Gasteiger partial charge in [-0.2, -0.15) is 14.0 Å². The quantitative estimate of drug-likeness (QED) is 0.206. The van der Waals surface area contributed by atoms with Crippen molar-refractivity contribution in [3.05, 3.63) is 52.8 Å². The number of carbonyl (C=O) groups is 2. The number of esters is 1. The molecule has 2 unspecified atom stereocenters. The van der Waals surface area contributed by atoms with Crippen molar-refractivity contribution < 1.29 is 23.1 Å². The van der Waals surface area contributed by atoms with Crippen molar-refractivity contribution in [3.8, 4) is 11.8 Å². The summed E-state index contributed by atoms with van der Waals surface area (Å²) in [5.74, 6) is -3.26. The first-order chi connectivity index (χ1) is 16.6. The summed E-state index contributed by atoms with van der Waals surface area (Å²) in [7, 11) is 0. The van der Waals surface area contributed by atoms with E-state index in [1.165, 1.54) is 10.8 Å². The average molecular weight is 564 g/mol. The van der Waals surface area contributed by atoms with Gasteiger partial charge in [0.15, 0.2) is 5.16 Å². The molecule has 0 saturated carbocycles. The van der Waals surface area contributed by atoms with Crippen LogP contribution >= 0.6 is 27.7 Å². The third-order valence-electron chi connectivity index (χ3n) is 5.82. The minimum Gasteiger partial charge on any atom is -0.466 e. The summed E-state index contributed by atoms with van der Waals surface area (Å²) < 4.78 is 37.2. The smallest absolute Gasteiger partial charge is 0.358 e. The zero-order valence-corrected chi connectivity index (χ0v) is 21.8. The topological polar surface area (TPSA) is 85.0 Å². The van der Waals surface area contributed by atoms with E-state index in [0.717, 1.165) is 0 Å². The Balaban J connectivity index is 1.95. The zero-order chi connectivity index (χ0) is 25.8. The molecule has 0 N–H and O–H groups in total. The number of ketones is 1.